The highest BCUT2D eigenvalue weighted by molar-refractivity contribution is 6.35. The van der Waals surface area contributed by atoms with Crippen LogP contribution in [0.15, 0.2) is 29.4 Å². The Balaban J connectivity index is 2.77. The molecule has 1 unspecified atom stereocenters. The molecule has 0 spiro atoms. The SMILES string of the molecule is CCCCC(CO/N=C(\C)C(=O)OC)c1ccc(C(=O)OC)cc1. The maximum atomic E-state index is 11.5. The largest absolute Gasteiger partial charge is 0.465 e. The molecule has 1 atom stereocenters. The van der Waals surface area contributed by atoms with Crippen LogP contribution in [0.1, 0.15) is 54.9 Å². The first-order valence-electron chi connectivity index (χ1n) is 7.96. The van der Waals surface area contributed by atoms with Crippen molar-refractivity contribution in [1.29, 1.82) is 0 Å². The van der Waals surface area contributed by atoms with Crippen LogP contribution in [0, 0.1) is 0 Å². The van der Waals surface area contributed by atoms with Gasteiger partial charge >= 0.3 is 11.9 Å². The van der Waals surface area contributed by atoms with E-state index < -0.39 is 5.97 Å². The number of nitrogens with zero attached hydrogens (tertiary/aromatic N) is 1. The molecule has 24 heavy (non-hydrogen) atoms. The van der Waals surface area contributed by atoms with E-state index in [1.54, 1.807) is 12.1 Å². The van der Waals surface area contributed by atoms with Crippen LogP contribution < -0.4 is 0 Å². The van der Waals surface area contributed by atoms with E-state index in [0.29, 0.717) is 12.2 Å². The Morgan fingerprint density at radius 2 is 1.79 bits per heavy atom. The quantitative estimate of drug-likeness (QED) is 0.393. The Morgan fingerprint density at radius 1 is 1.12 bits per heavy atom. The van der Waals surface area contributed by atoms with Gasteiger partial charge in [-0.15, -0.1) is 0 Å². The van der Waals surface area contributed by atoms with Gasteiger partial charge in [-0.05, 0) is 31.0 Å². The molecule has 1 rings (SSSR count). The summed E-state index contributed by atoms with van der Waals surface area (Å²) in [5.41, 5.74) is 1.74. The molecule has 0 aliphatic carbocycles. The van der Waals surface area contributed by atoms with Gasteiger partial charge in [0, 0.05) is 5.92 Å². The van der Waals surface area contributed by atoms with Crippen LogP contribution in [0.4, 0.5) is 0 Å². The van der Waals surface area contributed by atoms with Crippen LogP contribution in [-0.4, -0.2) is 38.5 Å². The fourth-order valence-corrected chi connectivity index (χ4v) is 2.22. The van der Waals surface area contributed by atoms with Crippen molar-refractivity contribution in [2.45, 2.75) is 39.0 Å². The molecule has 0 aliphatic rings. The highest BCUT2D eigenvalue weighted by Gasteiger charge is 2.14. The van der Waals surface area contributed by atoms with Gasteiger partial charge in [0.15, 0.2) is 5.71 Å². The number of methoxy groups -OCH3 is 2. The third-order valence-electron chi connectivity index (χ3n) is 3.67. The zero-order chi connectivity index (χ0) is 17.9. The number of carbonyl (C=O) groups is 2. The fourth-order valence-electron chi connectivity index (χ4n) is 2.22. The first-order chi connectivity index (χ1) is 11.5. The highest BCUT2D eigenvalue weighted by atomic mass is 16.6. The molecule has 0 fully saturated rings. The van der Waals surface area contributed by atoms with Crippen molar-refractivity contribution in [3.63, 3.8) is 0 Å². The minimum Gasteiger partial charge on any atom is -0.465 e. The van der Waals surface area contributed by atoms with Crippen LogP contribution in [0.3, 0.4) is 0 Å². The molecular formula is C18H25NO5. The molecular weight excluding hydrogens is 310 g/mol. The summed E-state index contributed by atoms with van der Waals surface area (Å²) in [6, 6.07) is 7.27. The second-order valence-corrected chi connectivity index (χ2v) is 5.42. The van der Waals surface area contributed by atoms with Gasteiger partial charge in [0.1, 0.15) is 6.61 Å². The van der Waals surface area contributed by atoms with E-state index >= 15 is 0 Å². The summed E-state index contributed by atoms with van der Waals surface area (Å²) >= 11 is 0. The molecule has 0 N–H and O–H groups in total. The molecule has 0 aromatic heterocycles. The van der Waals surface area contributed by atoms with Crippen LogP contribution in [0.25, 0.3) is 0 Å². The summed E-state index contributed by atoms with van der Waals surface area (Å²) in [7, 11) is 2.66. The Labute approximate surface area is 142 Å². The summed E-state index contributed by atoms with van der Waals surface area (Å²) in [5.74, 6) is -0.741. The lowest BCUT2D eigenvalue weighted by Gasteiger charge is -2.16. The molecule has 1 aromatic carbocycles. The minimum absolute atomic E-state index is 0.130. The summed E-state index contributed by atoms with van der Waals surface area (Å²) in [5, 5.41) is 3.80. The van der Waals surface area contributed by atoms with Gasteiger partial charge in [0.2, 0.25) is 0 Å². The molecule has 6 nitrogen and oxygen atoms in total. The second kappa shape index (κ2) is 10.4. The molecule has 0 bridgehead atoms. The first-order valence-corrected chi connectivity index (χ1v) is 7.96. The normalized spacial score (nSPS) is 12.4. The number of esters is 2. The molecule has 1 aromatic rings. The summed E-state index contributed by atoms with van der Waals surface area (Å²) in [4.78, 5) is 28.1. The van der Waals surface area contributed by atoms with E-state index in [4.69, 9.17) is 9.57 Å². The Bertz CT molecular complexity index is 565. The van der Waals surface area contributed by atoms with Crippen LogP contribution in [0.2, 0.25) is 0 Å². The molecule has 0 radical (unpaired) electrons. The van der Waals surface area contributed by atoms with E-state index in [-0.39, 0.29) is 17.6 Å². The van der Waals surface area contributed by atoms with Crippen molar-refractivity contribution in [3.05, 3.63) is 35.4 Å². The van der Waals surface area contributed by atoms with Gasteiger partial charge in [0.25, 0.3) is 0 Å². The smallest absolute Gasteiger partial charge is 0.355 e. The Morgan fingerprint density at radius 3 is 2.33 bits per heavy atom. The van der Waals surface area contributed by atoms with Gasteiger partial charge in [-0.2, -0.15) is 0 Å². The van der Waals surface area contributed by atoms with E-state index in [9.17, 15) is 9.59 Å². The Kier molecular flexibility index (Phi) is 8.54. The highest BCUT2D eigenvalue weighted by Crippen LogP contribution is 2.23. The van der Waals surface area contributed by atoms with E-state index in [0.717, 1.165) is 24.8 Å². The van der Waals surface area contributed by atoms with Gasteiger partial charge in [-0.1, -0.05) is 37.1 Å². The number of ether oxygens (including phenoxy) is 2. The predicted octanol–water partition coefficient (Wildman–Crippen LogP) is 3.31. The zero-order valence-electron chi connectivity index (χ0n) is 14.7. The lowest BCUT2D eigenvalue weighted by atomic mass is 9.93. The standard InChI is InChI=1S/C18H25NO5/c1-5-6-7-16(12-24-19-13(2)17(20)22-3)14-8-10-15(11-9-14)18(21)23-4/h8-11,16H,5-7,12H2,1-4H3/b19-13+. The van der Waals surface area contributed by atoms with Gasteiger partial charge in [-0.25, -0.2) is 9.59 Å². The van der Waals surface area contributed by atoms with E-state index in [1.165, 1.54) is 21.1 Å². The maximum absolute atomic E-state index is 11.5. The number of oxime groups is 1. The van der Waals surface area contributed by atoms with Crippen LogP contribution in [-0.2, 0) is 19.1 Å². The lowest BCUT2D eigenvalue weighted by Crippen LogP contribution is -2.13. The average Bonchev–Trinajstić information content (AvgIpc) is 2.63. The third kappa shape index (κ3) is 6.02. The van der Waals surface area contributed by atoms with Crippen molar-refractivity contribution >= 4 is 17.7 Å². The number of hydrogen-bond acceptors (Lipinski definition) is 6. The fraction of sp³-hybridized carbons (Fsp3) is 0.500. The lowest BCUT2D eigenvalue weighted by molar-refractivity contribution is -0.133. The van der Waals surface area contributed by atoms with Crippen LogP contribution >= 0.6 is 0 Å². The topological polar surface area (TPSA) is 74.2 Å². The molecule has 132 valence electrons. The number of unbranched alkanes of at least 4 members (excludes halogenated alkanes) is 1. The maximum Gasteiger partial charge on any atom is 0.355 e. The van der Waals surface area contributed by atoms with Gasteiger partial charge in [0.05, 0.1) is 19.8 Å². The first kappa shape index (κ1) is 19.7. The second-order valence-electron chi connectivity index (χ2n) is 5.42. The van der Waals surface area contributed by atoms with Crippen molar-refractivity contribution in [3.8, 4) is 0 Å². The summed E-state index contributed by atoms with van der Waals surface area (Å²) in [6.45, 7) is 4.02. The molecule has 0 heterocycles. The van der Waals surface area contributed by atoms with Crippen molar-refractivity contribution in [2.24, 2.45) is 5.16 Å². The monoisotopic (exact) mass is 335 g/mol. The zero-order valence-corrected chi connectivity index (χ0v) is 14.7. The predicted molar refractivity (Wildman–Crippen MR) is 91.1 cm³/mol. The third-order valence-corrected chi connectivity index (χ3v) is 3.67. The van der Waals surface area contributed by atoms with Gasteiger partial charge < -0.3 is 14.3 Å². The van der Waals surface area contributed by atoms with Crippen molar-refractivity contribution in [2.75, 3.05) is 20.8 Å². The van der Waals surface area contributed by atoms with E-state index in [2.05, 4.69) is 16.8 Å². The number of hydrogen-bond donors (Lipinski definition) is 0. The summed E-state index contributed by atoms with van der Waals surface area (Å²) < 4.78 is 9.27. The minimum atomic E-state index is -0.512. The van der Waals surface area contributed by atoms with Crippen molar-refractivity contribution in [1.82, 2.24) is 0 Å². The number of rotatable bonds is 9. The average molecular weight is 335 g/mol. The van der Waals surface area contributed by atoms with E-state index in [1.807, 2.05) is 12.1 Å². The molecule has 0 aliphatic heterocycles. The molecule has 0 amide bonds. The van der Waals surface area contributed by atoms with Gasteiger partial charge in [-0.3, -0.25) is 0 Å². The van der Waals surface area contributed by atoms with Crippen molar-refractivity contribution < 1.29 is 23.9 Å². The number of carbonyl (C=O) groups excluding carboxylic acids is 2. The molecule has 0 saturated carbocycles. The molecule has 6 heteroatoms. The van der Waals surface area contributed by atoms with Crippen LogP contribution in [0.5, 0.6) is 0 Å². The number of benzene rings is 1. The Hall–Kier alpha value is -2.37. The summed E-state index contributed by atoms with van der Waals surface area (Å²) in [6.07, 6.45) is 3.05. The molecule has 0 saturated heterocycles.